The molecule has 6 nitrogen and oxygen atoms in total. The molecule has 0 atom stereocenters. The first-order valence-corrected chi connectivity index (χ1v) is 6.97. The van der Waals surface area contributed by atoms with E-state index in [1.54, 1.807) is 30.3 Å². The van der Waals surface area contributed by atoms with Gasteiger partial charge < -0.3 is 14.6 Å². The molecule has 0 bridgehead atoms. The lowest BCUT2D eigenvalue weighted by atomic mass is 10.3. The SMILES string of the molecule is COc1cc(O)c(Oc2ccccc2)cc1S(=O)(=O)O. The molecule has 0 heterocycles. The molecule has 0 saturated carbocycles. The Kier molecular flexibility index (Phi) is 3.82. The molecular formula is C13H12O6S. The van der Waals surface area contributed by atoms with Crippen molar-refractivity contribution in [3.05, 3.63) is 42.5 Å². The average molecular weight is 296 g/mol. The van der Waals surface area contributed by atoms with E-state index in [4.69, 9.17) is 14.0 Å². The third-order valence-electron chi connectivity index (χ3n) is 2.49. The van der Waals surface area contributed by atoms with E-state index in [0.717, 1.165) is 12.1 Å². The highest BCUT2D eigenvalue weighted by atomic mass is 32.2. The molecule has 0 aromatic heterocycles. The van der Waals surface area contributed by atoms with Crippen molar-refractivity contribution in [2.75, 3.05) is 7.11 Å². The zero-order valence-electron chi connectivity index (χ0n) is 10.5. The molecule has 0 amide bonds. The lowest BCUT2D eigenvalue weighted by Gasteiger charge is -2.11. The van der Waals surface area contributed by atoms with Crippen LogP contribution in [-0.2, 0) is 10.1 Å². The van der Waals surface area contributed by atoms with Gasteiger partial charge in [-0.15, -0.1) is 0 Å². The molecule has 0 aliphatic carbocycles. The molecule has 0 spiro atoms. The highest BCUT2D eigenvalue weighted by Crippen LogP contribution is 2.38. The van der Waals surface area contributed by atoms with Crippen LogP contribution >= 0.6 is 0 Å². The lowest BCUT2D eigenvalue weighted by Crippen LogP contribution is -2.02. The number of phenolic OH excluding ortho intramolecular Hbond substituents is 1. The van der Waals surface area contributed by atoms with E-state index in [9.17, 15) is 13.5 Å². The van der Waals surface area contributed by atoms with Crippen molar-refractivity contribution in [1.82, 2.24) is 0 Å². The third-order valence-corrected chi connectivity index (χ3v) is 3.37. The summed E-state index contributed by atoms with van der Waals surface area (Å²) in [5.41, 5.74) is 0. The molecule has 0 fully saturated rings. The summed E-state index contributed by atoms with van der Waals surface area (Å²) < 4.78 is 41.8. The van der Waals surface area contributed by atoms with Crippen LogP contribution in [0.15, 0.2) is 47.4 Å². The quantitative estimate of drug-likeness (QED) is 0.842. The number of para-hydroxylation sites is 1. The fourth-order valence-corrected chi connectivity index (χ4v) is 2.24. The van der Waals surface area contributed by atoms with Gasteiger partial charge in [0.25, 0.3) is 10.1 Å². The van der Waals surface area contributed by atoms with Gasteiger partial charge in [0, 0.05) is 12.1 Å². The Balaban J connectivity index is 2.49. The van der Waals surface area contributed by atoms with Crippen molar-refractivity contribution in [1.29, 1.82) is 0 Å². The Labute approximate surface area is 116 Å². The summed E-state index contributed by atoms with van der Waals surface area (Å²) in [4.78, 5) is -0.483. The topological polar surface area (TPSA) is 93.1 Å². The second-order valence-electron chi connectivity index (χ2n) is 3.86. The van der Waals surface area contributed by atoms with Gasteiger partial charge >= 0.3 is 0 Å². The van der Waals surface area contributed by atoms with Gasteiger partial charge in [-0.2, -0.15) is 8.42 Å². The van der Waals surface area contributed by atoms with Gasteiger partial charge in [0.05, 0.1) is 7.11 Å². The fraction of sp³-hybridized carbons (Fsp3) is 0.0769. The molecule has 0 saturated heterocycles. The number of hydrogen-bond acceptors (Lipinski definition) is 5. The number of hydrogen-bond donors (Lipinski definition) is 2. The van der Waals surface area contributed by atoms with Crippen LogP contribution in [-0.4, -0.2) is 25.2 Å². The number of rotatable bonds is 4. The van der Waals surface area contributed by atoms with E-state index in [1.165, 1.54) is 7.11 Å². The highest BCUT2D eigenvalue weighted by molar-refractivity contribution is 7.86. The van der Waals surface area contributed by atoms with Gasteiger partial charge in [-0.3, -0.25) is 4.55 Å². The summed E-state index contributed by atoms with van der Waals surface area (Å²) in [6.07, 6.45) is 0. The summed E-state index contributed by atoms with van der Waals surface area (Å²) in [6.45, 7) is 0. The van der Waals surface area contributed by atoms with Gasteiger partial charge in [-0.1, -0.05) is 18.2 Å². The maximum atomic E-state index is 11.3. The van der Waals surface area contributed by atoms with Gasteiger partial charge in [0.2, 0.25) is 0 Å². The maximum Gasteiger partial charge on any atom is 0.298 e. The Bertz CT molecular complexity index is 709. The molecule has 2 aromatic carbocycles. The van der Waals surface area contributed by atoms with Gasteiger partial charge in [-0.25, -0.2) is 0 Å². The average Bonchev–Trinajstić information content (AvgIpc) is 2.40. The molecule has 7 heteroatoms. The van der Waals surface area contributed by atoms with Crippen molar-refractivity contribution in [2.24, 2.45) is 0 Å². The zero-order chi connectivity index (χ0) is 14.8. The first-order chi connectivity index (χ1) is 9.41. The minimum atomic E-state index is -4.49. The van der Waals surface area contributed by atoms with Crippen LogP contribution in [0, 0.1) is 0 Å². The van der Waals surface area contributed by atoms with Crippen molar-refractivity contribution in [3.8, 4) is 23.0 Å². The first-order valence-electron chi connectivity index (χ1n) is 5.53. The fourth-order valence-electron chi connectivity index (χ4n) is 1.59. The van der Waals surface area contributed by atoms with Crippen molar-refractivity contribution in [2.45, 2.75) is 4.90 Å². The standard InChI is InChI=1S/C13H12O6S/c1-18-12-7-10(14)11(8-13(12)20(15,16)17)19-9-5-3-2-4-6-9/h2-8,14H,1H3,(H,15,16,17). The van der Waals surface area contributed by atoms with Crippen molar-refractivity contribution < 1.29 is 27.6 Å². The summed E-state index contributed by atoms with van der Waals surface area (Å²) in [5.74, 6) is -0.178. The predicted molar refractivity (Wildman–Crippen MR) is 71.0 cm³/mol. The minimum absolute atomic E-state index is 0.107. The maximum absolute atomic E-state index is 11.3. The van der Waals surface area contributed by atoms with Gasteiger partial charge in [0.15, 0.2) is 11.5 Å². The molecule has 0 radical (unpaired) electrons. The Hall–Kier alpha value is -2.25. The Morgan fingerprint density at radius 1 is 1.05 bits per heavy atom. The number of phenols is 1. The normalized spacial score (nSPS) is 11.1. The van der Waals surface area contributed by atoms with Crippen LogP contribution in [0.25, 0.3) is 0 Å². The molecular weight excluding hydrogens is 284 g/mol. The van der Waals surface area contributed by atoms with Crippen molar-refractivity contribution >= 4 is 10.1 Å². The van der Waals surface area contributed by atoms with E-state index in [2.05, 4.69) is 0 Å². The smallest absolute Gasteiger partial charge is 0.298 e. The molecule has 2 N–H and O–H groups in total. The Morgan fingerprint density at radius 2 is 1.70 bits per heavy atom. The molecule has 0 aliphatic heterocycles. The number of methoxy groups -OCH3 is 1. The third kappa shape index (κ3) is 3.01. The summed E-state index contributed by atoms with van der Waals surface area (Å²) in [6, 6.07) is 10.6. The molecule has 0 aliphatic rings. The van der Waals surface area contributed by atoms with E-state index >= 15 is 0 Å². The van der Waals surface area contributed by atoms with Crippen LogP contribution in [0.1, 0.15) is 0 Å². The van der Waals surface area contributed by atoms with E-state index < -0.39 is 15.0 Å². The molecule has 106 valence electrons. The molecule has 2 rings (SSSR count). The summed E-state index contributed by atoms with van der Waals surface area (Å²) in [5, 5.41) is 9.79. The second-order valence-corrected chi connectivity index (χ2v) is 5.25. The highest BCUT2D eigenvalue weighted by Gasteiger charge is 2.20. The monoisotopic (exact) mass is 296 g/mol. The van der Waals surface area contributed by atoms with Gasteiger partial charge in [-0.05, 0) is 12.1 Å². The lowest BCUT2D eigenvalue weighted by molar-refractivity contribution is 0.377. The zero-order valence-corrected chi connectivity index (χ0v) is 11.3. The van der Waals surface area contributed by atoms with Crippen LogP contribution < -0.4 is 9.47 Å². The largest absolute Gasteiger partial charge is 0.504 e. The summed E-state index contributed by atoms with van der Waals surface area (Å²) in [7, 11) is -3.27. The molecule has 2 aromatic rings. The van der Waals surface area contributed by atoms with Crippen LogP contribution in [0.5, 0.6) is 23.0 Å². The first kappa shape index (κ1) is 14.2. The van der Waals surface area contributed by atoms with Crippen LogP contribution in [0.2, 0.25) is 0 Å². The van der Waals surface area contributed by atoms with E-state index in [1.807, 2.05) is 0 Å². The van der Waals surface area contributed by atoms with Crippen molar-refractivity contribution in [3.63, 3.8) is 0 Å². The number of ether oxygens (including phenoxy) is 2. The van der Waals surface area contributed by atoms with E-state index in [0.29, 0.717) is 5.75 Å². The molecule has 20 heavy (non-hydrogen) atoms. The number of benzene rings is 2. The minimum Gasteiger partial charge on any atom is -0.504 e. The van der Waals surface area contributed by atoms with Gasteiger partial charge in [0.1, 0.15) is 16.4 Å². The molecule has 0 unspecified atom stereocenters. The predicted octanol–water partition coefficient (Wildman–Crippen LogP) is 2.44. The van der Waals surface area contributed by atoms with E-state index in [-0.39, 0.29) is 17.2 Å². The summed E-state index contributed by atoms with van der Waals surface area (Å²) >= 11 is 0. The van der Waals surface area contributed by atoms with Crippen LogP contribution in [0.4, 0.5) is 0 Å². The Morgan fingerprint density at radius 3 is 2.25 bits per heavy atom. The number of aromatic hydroxyl groups is 1. The van der Waals surface area contributed by atoms with Crippen LogP contribution in [0.3, 0.4) is 0 Å². The second kappa shape index (κ2) is 5.40.